The van der Waals surface area contributed by atoms with Crippen molar-refractivity contribution in [2.75, 3.05) is 19.8 Å². The van der Waals surface area contributed by atoms with Crippen LogP contribution in [-0.4, -0.2) is 41.6 Å². The molecule has 1 fully saturated rings. The van der Waals surface area contributed by atoms with E-state index < -0.39 is 5.54 Å². The number of hydrogen-bond acceptors (Lipinski definition) is 3. The summed E-state index contributed by atoms with van der Waals surface area (Å²) >= 11 is 0. The first-order chi connectivity index (χ1) is 6.25. The zero-order valence-corrected chi connectivity index (χ0v) is 9.46. The molecule has 1 aliphatic rings. The van der Waals surface area contributed by atoms with Crippen LogP contribution in [0, 0.1) is 0 Å². The van der Waals surface area contributed by atoms with E-state index in [2.05, 4.69) is 0 Å². The lowest BCUT2D eigenvalue weighted by Gasteiger charge is -2.44. The maximum absolute atomic E-state index is 12.0. The third kappa shape index (κ3) is 2.25. The number of nitrogens with zero attached hydrogens (tertiary/aromatic N) is 1. The number of rotatable bonds is 1. The highest BCUT2D eigenvalue weighted by Crippen LogP contribution is 2.21. The van der Waals surface area contributed by atoms with Crippen LogP contribution in [0.15, 0.2) is 0 Å². The van der Waals surface area contributed by atoms with Crippen molar-refractivity contribution >= 4 is 5.91 Å². The standard InChI is InChI=1S/C10H20N2O2/c1-9(2)7-14-6-5-12(9)8(13)10(3,4)11/h5-7,11H2,1-4H3. The minimum absolute atomic E-state index is 0.00852. The second-order valence-electron chi connectivity index (χ2n) is 5.04. The number of morpholine rings is 1. The molecule has 0 radical (unpaired) electrons. The zero-order valence-electron chi connectivity index (χ0n) is 9.46. The lowest BCUT2D eigenvalue weighted by atomic mass is 9.97. The van der Waals surface area contributed by atoms with Gasteiger partial charge >= 0.3 is 0 Å². The molecule has 4 heteroatoms. The summed E-state index contributed by atoms with van der Waals surface area (Å²) in [6, 6.07) is 0. The summed E-state index contributed by atoms with van der Waals surface area (Å²) in [5.74, 6) is -0.00852. The Labute approximate surface area is 85.4 Å². The lowest BCUT2D eigenvalue weighted by Crippen LogP contribution is -2.62. The highest BCUT2D eigenvalue weighted by atomic mass is 16.5. The molecular weight excluding hydrogens is 180 g/mol. The van der Waals surface area contributed by atoms with Crippen molar-refractivity contribution in [2.24, 2.45) is 5.73 Å². The van der Waals surface area contributed by atoms with Crippen molar-refractivity contribution in [3.8, 4) is 0 Å². The summed E-state index contributed by atoms with van der Waals surface area (Å²) in [5.41, 5.74) is 4.76. The van der Waals surface area contributed by atoms with Gasteiger partial charge in [-0.25, -0.2) is 0 Å². The summed E-state index contributed by atoms with van der Waals surface area (Å²) in [6.45, 7) is 9.28. The summed E-state index contributed by atoms with van der Waals surface area (Å²) in [4.78, 5) is 13.8. The Hall–Kier alpha value is -0.610. The van der Waals surface area contributed by atoms with E-state index in [0.29, 0.717) is 19.8 Å². The molecule has 1 rings (SSSR count). The van der Waals surface area contributed by atoms with Crippen LogP contribution in [0.2, 0.25) is 0 Å². The van der Waals surface area contributed by atoms with Gasteiger partial charge in [-0.1, -0.05) is 0 Å². The molecule has 0 atom stereocenters. The average Bonchev–Trinajstić information content (AvgIpc) is 2.00. The quantitative estimate of drug-likeness (QED) is 0.665. The molecule has 0 spiro atoms. The van der Waals surface area contributed by atoms with Gasteiger partial charge in [-0.05, 0) is 27.7 Å². The van der Waals surface area contributed by atoms with Gasteiger partial charge in [-0.15, -0.1) is 0 Å². The number of amides is 1. The molecule has 1 amide bonds. The smallest absolute Gasteiger partial charge is 0.242 e. The van der Waals surface area contributed by atoms with Gasteiger partial charge < -0.3 is 15.4 Å². The largest absolute Gasteiger partial charge is 0.377 e. The number of carbonyl (C=O) groups is 1. The van der Waals surface area contributed by atoms with E-state index in [-0.39, 0.29) is 11.4 Å². The Morgan fingerprint density at radius 1 is 1.50 bits per heavy atom. The molecule has 1 saturated heterocycles. The van der Waals surface area contributed by atoms with Gasteiger partial charge in [-0.2, -0.15) is 0 Å². The Balaban J connectivity index is 2.80. The van der Waals surface area contributed by atoms with Crippen molar-refractivity contribution in [3.05, 3.63) is 0 Å². The third-order valence-corrected chi connectivity index (χ3v) is 2.44. The van der Waals surface area contributed by atoms with Crippen LogP contribution in [0.1, 0.15) is 27.7 Å². The predicted octanol–water partition coefficient (Wildman–Crippen LogP) is 0.361. The average molecular weight is 200 g/mol. The zero-order chi connectivity index (χ0) is 11.0. The lowest BCUT2D eigenvalue weighted by molar-refractivity contribution is -0.151. The molecule has 0 bridgehead atoms. The summed E-state index contributed by atoms with van der Waals surface area (Å²) < 4.78 is 5.34. The molecule has 2 N–H and O–H groups in total. The molecule has 1 aliphatic heterocycles. The molecule has 0 aliphatic carbocycles. The number of hydrogen-bond donors (Lipinski definition) is 1. The maximum atomic E-state index is 12.0. The molecule has 82 valence electrons. The second-order valence-corrected chi connectivity index (χ2v) is 5.04. The SMILES string of the molecule is CC(C)(N)C(=O)N1CCOCC1(C)C. The normalized spacial score (nSPS) is 22.2. The van der Waals surface area contributed by atoms with Crippen LogP contribution in [0.25, 0.3) is 0 Å². The summed E-state index contributed by atoms with van der Waals surface area (Å²) in [5, 5.41) is 0. The molecule has 0 aromatic rings. The first-order valence-electron chi connectivity index (χ1n) is 4.94. The molecule has 0 unspecified atom stereocenters. The number of ether oxygens (including phenoxy) is 1. The van der Waals surface area contributed by atoms with Crippen LogP contribution in [0.3, 0.4) is 0 Å². The fourth-order valence-electron chi connectivity index (χ4n) is 1.58. The minimum atomic E-state index is -0.797. The predicted molar refractivity (Wildman–Crippen MR) is 54.9 cm³/mol. The van der Waals surface area contributed by atoms with Gasteiger partial charge in [-0.3, -0.25) is 4.79 Å². The van der Waals surface area contributed by atoms with Gasteiger partial charge in [0.05, 0.1) is 24.3 Å². The molecular formula is C10H20N2O2. The van der Waals surface area contributed by atoms with Gasteiger partial charge in [0.15, 0.2) is 0 Å². The van der Waals surface area contributed by atoms with E-state index in [9.17, 15) is 4.79 Å². The summed E-state index contributed by atoms with van der Waals surface area (Å²) in [7, 11) is 0. The number of nitrogens with two attached hydrogens (primary N) is 1. The monoisotopic (exact) mass is 200 g/mol. The first-order valence-corrected chi connectivity index (χ1v) is 4.94. The fraction of sp³-hybridized carbons (Fsp3) is 0.900. The molecule has 4 nitrogen and oxygen atoms in total. The molecule has 1 heterocycles. The van der Waals surface area contributed by atoms with Crippen molar-refractivity contribution < 1.29 is 9.53 Å². The van der Waals surface area contributed by atoms with Gasteiger partial charge in [0.25, 0.3) is 0 Å². The van der Waals surface area contributed by atoms with Crippen molar-refractivity contribution in [1.82, 2.24) is 4.90 Å². The van der Waals surface area contributed by atoms with Crippen LogP contribution in [-0.2, 0) is 9.53 Å². The second kappa shape index (κ2) is 3.51. The van der Waals surface area contributed by atoms with E-state index >= 15 is 0 Å². The molecule has 0 saturated carbocycles. The van der Waals surface area contributed by atoms with Gasteiger partial charge in [0, 0.05) is 6.54 Å². The van der Waals surface area contributed by atoms with E-state index in [1.54, 1.807) is 13.8 Å². The summed E-state index contributed by atoms with van der Waals surface area (Å²) in [6.07, 6.45) is 0. The number of carbonyl (C=O) groups excluding carboxylic acids is 1. The highest BCUT2D eigenvalue weighted by Gasteiger charge is 2.38. The fourth-order valence-corrected chi connectivity index (χ4v) is 1.58. The maximum Gasteiger partial charge on any atom is 0.242 e. The van der Waals surface area contributed by atoms with Crippen molar-refractivity contribution in [3.63, 3.8) is 0 Å². The van der Waals surface area contributed by atoms with Crippen molar-refractivity contribution in [1.29, 1.82) is 0 Å². The first kappa shape index (κ1) is 11.5. The van der Waals surface area contributed by atoms with E-state index in [4.69, 9.17) is 10.5 Å². The minimum Gasteiger partial charge on any atom is -0.377 e. The topological polar surface area (TPSA) is 55.6 Å². The van der Waals surface area contributed by atoms with E-state index in [1.165, 1.54) is 0 Å². The van der Waals surface area contributed by atoms with E-state index in [0.717, 1.165) is 0 Å². The third-order valence-electron chi connectivity index (χ3n) is 2.44. The van der Waals surface area contributed by atoms with Crippen LogP contribution >= 0.6 is 0 Å². The molecule has 0 aromatic carbocycles. The Morgan fingerprint density at radius 2 is 2.07 bits per heavy atom. The van der Waals surface area contributed by atoms with Crippen molar-refractivity contribution in [2.45, 2.75) is 38.8 Å². The van der Waals surface area contributed by atoms with E-state index in [1.807, 2.05) is 18.7 Å². The van der Waals surface area contributed by atoms with Gasteiger partial charge in [0.1, 0.15) is 0 Å². The Kier molecular flexibility index (Phi) is 2.88. The van der Waals surface area contributed by atoms with Crippen LogP contribution in [0.4, 0.5) is 0 Å². The molecule has 0 aromatic heterocycles. The Morgan fingerprint density at radius 3 is 2.50 bits per heavy atom. The van der Waals surface area contributed by atoms with Gasteiger partial charge in [0.2, 0.25) is 5.91 Å². The van der Waals surface area contributed by atoms with Crippen LogP contribution < -0.4 is 5.73 Å². The Bertz CT molecular complexity index is 231. The van der Waals surface area contributed by atoms with Crippen LogP contribution in [0.5, 0.6) is 0 Å². The highest BCUT2D eigenvalue weighted by molar-refractivity contribution is 5.85. The molecule has 14 heavy (non-hydrogen) atoms.